The van der Waals surface area contributed by atoms with Gasteiger partial charge >= 0.3 is 0 Å². The minimum atomic E-state index is -4.06. The maximum atomic E-state index is 13.5. The van der Waals surface area contributed by atoms with Gasteiger partial charge in [-0.25, -0.2) is 13.8 Å². The predicted octanol–water partition coefficient (Wildman–Crippen LogP) is 3.97. The zero-order valence-corrected chi connectivity index (χ0v) is 21.2. The van der Waals surface area contributed by atoms with E-state index in [0.717, 1.165) is 21.0 Å². The number of nitrogens with one attached hydrogen (secondary N) is 1. The zero-order valence-electron chi connectivity index (χ0n) is 20.4. The van der Waals surface area contributed by atoms with Crippen molar-refractivity contribution in [3.8, 4) is 11.5 Å². The van der Waals surface area contributed by atoms with E-state index < -0.39 is 22.5 Å². The monoisotopic (exact) mass is 495 g/mol. The standard InChI is InChI=1S/C26H29N3O5S/c1-18-11-12-21(20(3)19(18)2)16-27-28-26(30)17-29(35(31,32)23-9-7-6-8-10-23)22-13-14-24(33-4)25(15-22)34-5/h6-16H,17H2,1-5H3,(H,28,30)/b27-16-. The molecule has 3 rings (SSSR count). The first-order valence-corrected chi connectivity index (χ1v) is 12.3. The topological polar surface area (TPSA) is 97.3 Å². The van der Waals surface area contributed by atoms with Gasteiger partial charge in [0.25, 0.3) is 15.9 Å². The predicted molar refractivity (Wildman–Crippen MR) is 137 cm³/mol. The Labute approximate surface area is 206 Å². The first-order valence-electron chi connectivity index (χ1n) is 10.9. The quantitative estimate of drug-likeness (QED) is 0.358. The average Bonchev–Trinajstić information content (AvgIpc) is 2.87. The van der Waals surface area contributed by atoms with Crippen molar-refractivity contribution in [2.45, 2.75) is 25.7 Å². The summed E-state index contributed by atoms with van der Waals surface area (Å²) < 4.78 is 38.5. The summed E-state index contributed by atoms with van der Waals surface area (Å²) in [7, 11) is -1.13. The number of anilines is 1. The average molecular weight is 496 g/mol. The number of rotatable bonds is 9. The normalized spacial score (nSPS) is 11.3. The second-order valence-electron chi connectivity index (χ2n) is 7.88. The summed E-state index contributed by atoms with van der Waals surface area (Å²) >= 11 is 0. The Morgan fingerprint density at radius 3 is 2.29 bits per heavy atom. The molecule has 0 saturated carbocycles. The Hall–Kier alpha value is -3.85. The molecular formula is C26H29N3O5S. The van der Waals surface area contributed by atoms with Gasteiger partial charge in [0.15, 0.2) is 11.5 Å². The van der Waals surface area contributed by atoms with E-state index in [1.54, 1.807) is 36.5 Å². The molecule has 0 spiro atoms. The summed E-state index contributed by atoms with van der Waals surface area (Å²) in [6.45, 7) is 5.55. The lowest BCUT2D eigenvalue weighted by Crippen LogP contribution is -2.39. The molecule has 35 heavy (non-hydrogen) atoms. The second-order valence-corrected chi connectivity index (χ2v) is 9.74. The van der Waals surface area contributed by atoms with Gasteiger partial charge in [-0.15, -0.1) is 0 Å². The SMILES string of the molecule is COc1ccc(N(CC(=O)N/N=C\c2ccc(C)c(C)c2C)S(=O)(=O)c2ccccc2)cc1OC. The van der Waals surface area contributed by atoms with Crippen molar-refractivity contribution in [1.29, 1.82) is 0 Å². The molecule has 9 heteroatoms. The number of aryl methyl sites for hydroxylation is 1. The van der Waals surface area contributed by atoms with E-state index in [-0.39, 0.29) is 10.6 Å². The van der Waals surface area contributed by atoms with Gasteiger partial charge < -0.3 is 9.47 Å². The van der Waals surface area contributed by atoms with Gasteiger partial charge in [-0.05, 0) is 67.3 Å². The Kier molecular flexibility index (Phi) is 8.14. The Bertz CT molecular complexity index is 1340. The van der Waals surface area contributed by atoms with Crippen LogP contribution in [0.5, 0.6) is 11.5 Å². The Morgan fingerprint density at radius 1 is 0.943 bits per heavy atom. The highest BCUT2D eigenvalue weighted by atomic mass is 32.2. The first kappa shape index (κ1) is 25.8. The van der Waals surface area contributed by atoms with Gasteiger partial charge in [0.2, 0.25) is 0 Å². The molecule has 0 heterocycles. The number of hydrogen-bond acceptors (Lipinski definition) is 6. The summed E-state index contributed by atoms with van der Waals surface area (Å²) in [6, 6.07) is 16.5. The van der Waals surface area contributed by atoms with Crippen LogP contribution in [0.15, 0.2) is 70.7 Å². The molecular weight excluding hydrogens is 466 g/mol. The van der Waals surface area contributed by atoms with Gasteiger partial charge in [0.1, 0.15) is 6.54 Å². The van der Waals surface area contributed by atoms with Crippen molar-refractivity contribution in [3.05, 3.63) is 82.9 Å². The van der Waals surface area contributed by atoms with Gasteiger partial charge in [-0.2, -0.15) is 5.10 Å². The van der Waals surface area contributed by atoms with Gasteiger partial charge in [-0.3, -0.25) is 9.10 Å². The van der Waals surface area contributed by atoms with Gasteiger partial charge in [0, 0.05) is 6.07 Å². The first-order chi connectivity index (χ1) is 16.7. The van der Waals surface area contributed by atoms with Crippen LogP contribution in [0.2, 0.25) is 0 Å². The number of carbonyl (C=O) groups is 1. The molecule has 1 N–H and O–H groups in total. The number of nitrogens with zero attached hydrogens (tertiary/aromatic N) is 2. The van der Waals surface area contributed by atoms with Crippen molar-refractivity contribution < 1.29 is 22.7 Å². The van der Waals surface area contributed by atoms with Crippen molar-refractivity contribution in [2.75, 3.05) is 25.1 Å². The fourth-order valence-electron chi connectivity index (χ4n) is 3.47. The third-order valence-corrected chi connectivity index (χ3v) is 7.55. The number of hydrazone groups is 1. The Morgan fingerprint density at radius 2 is 1.63 bits per heavy atom. The molecule has 0 aromatic heterocycles. The fraction of sp³-hybridized carbons (Fsp3) is 0.231. The molecule has 0 saturated heterocycles. The van der Waals surface area contributed by atoms with Gasteiger partial charge in [0.05, 0.1) is 31.0 Å². The zero-order chi connectivity index (χ0) is 25.6. The van der Waals surface area contributed by atoms with E-state index in [0.29, 0.717) is 11.5 Å². The fourth-order valence-corrected chi connectivity index (χ4v) is 4.91. The molecule has 0 aliphatic carbocycles. The summed E-state index contributed by atoms with van der Waals surface area (Å²) in [5.41, 5.74) is 6.92. The van der Waals surface area contributed by atoms with E-state index >= 15 is 0 Å². The van der Waals surface area contributed by atoms with E-state index in [1.807, 2.05) is 32.9 Å². The van der Waals surface area contributed by atoms with Crippen LogP contribution >= 0.6 is 0 Å². The van der Waals surface area contributed by atoms with Crippen molar-refractivity contribution in [1.82, 2.24) is 5.43 Å². The second kappa shape index (κ2) is 11.1. The van der Waals surface area contributed by atoms with E-state index in [4.69, 9.17) is 9.47 Å². The summed E-state index contributed by atoms with van der Waals surface area (Å²) in [5, 5.41) is 4.05. The van der Waals surface area contributed by atoms with Crippen molar-refractivity contribution in [2.24, 2.45) is 5.10 Å². The van der Waals surface area contributed by atoms with E-state index in [2.05, 4.69) is 10.5 Å². The van der Waals surface area contributed by atoms with Crippen LogP contribution in [0.3, 0.4) is 0 Å². The number of hydrogen-bond donors (Lipinski definition) is 1. The van der Waals surface area contributed by atoms with Crippen LogP contribution in [0.1, 0.15) is 22.3 Å². The number of amides is 1. The smallest absolute Gasteiger partial charge is 0.264 e. The lowest BCUT2D eigenvalue weighted by molar-refractivity contribution is -0.119. The molecule has 0 fully saturated rings. The number of benzene rings is 3. The summed E-state index contributed by atoms with van der Waals surface area (Å²) in [6.07, 6.45) is 1.55. The molecule has 184 valence electrons. The van der Waals surface area contributed by atoms with Crippen LogP contribution < -0.4 is 19.2 Å². The molecule has 1 amide bonds. The van der Waals surface area contributed by atoms with E-state index in [9.17, 15) is 13.2 Å². The number of sulfonamides is 1. The maximum absolute atomic E-state index is 13.5. The number of ether oxygens (including phenoxy) is 2. The molecule has 0 atom stereocenters. The molecule has 0 bridgehead atoms. The summed E-state index contributed by atoms with van der Waals surface area (Å²) in [5.74, 6) is 0.171. The van der Waals surface area contributed by atoms with Crippen LogP contribution in [0.4, 0.5) is 5.69 Å². The summed E-state index contributed by atoms with van der Waals surface area (Å²) in [4.78, 5) is 12.8. The van der Waals surface area contributed by atoms with Crippen LogP contribution in [0.25, 0.3) is 0 Å². The van der Waals surface area contributed by atoms with Crippen LogP contribution in [-0.2, 0) is 14.8 Å². The maximum Gasteiger partial charge on any atom is 0.264 e. The molecule has 0 aliphatic heterocycles. The number of methoxy groups -OCH3 is 2. The minimum Gasteiger partial charge on any atom is -0.493 e. The number of carbonyl (C=O) groups excluding carboxylic acids is 1. The largest absolute Gasteiger partial charge is 0.493 e. The third kappa shape index (κ3) is 5.81. The molecule has 0 radical (unpaired) electrons. The molecule has 0 aliphatic rings. The van der Waals surface area contributed by atoms with Crippen LogP contribution in [0, 0.1) is 20.8 Å². The molecule has 0 unspecified atom stereocenters. The minimum absolute atomic E-state index is 0.0526. The third-order valence-electron chi connectivity index (χ3n) is 5.77. The molecule has 8 nitrogen and oxygen atoms in total. The van der Waals surface area contributed by atoms with Crippen LogP contribution in [-0.4, -0.2) is 41.3 Å². The Balaban J connectivity index is 1.90. The molecule has 3 aromatic rings. The van der Waals surface area contributed by atoms with Crippen molar-refractivity contribution >= 4 is 27.8 Å². The highest BCUT2D eigenvalue weighted by Crippen LogP contribution is 2.33. The highest BCUT2D eigenvalue weighted by molar-refractivity contribution is 7.92. The van der Waals surface area contributed by atoms with Crippen molar-refractivity contribution in [3.63, 3.8) is 0 Å². The molecule has 3 aromatic carbocycles. The van der Waals surface area contributed by atoms with Gasteiger partial charge in [-0.1, -0.05) is 30.3 Å². The highest BCUT2D eigenvalue weighted by Gasteiger charge is 2.28. The lowest BCUT2D eigenvalue weighted by atomic mass is 10.00. The van der Waals surface area contributed by atoms with E-state index in [1.165, 1.54) is 38.0 Å². The lowest BCUT2D eigenvalue weighted by Gasteiger charge is -2.24.